The number of amides is 2. The molecule has 0 radical (unpaired) electrons. The summed E-state index contributed by atoms with van der Waals surface area (Å²) in [4.78, 5) is 35.8. The van der Waals surface area contributed by atoms with Gasteiger partial charge < -0.3 is 30.7 Å². The Morgan fingerprint density at radius 3 is 2.74 bits per heavy atom. The molecule has 0 bridgehead atoms. The Morgan fingerprint density at radius 1 is 1.41 bits per heavy atom. The fourth-order valence-electron chi connectivity index (χ4n) is 2.52. The Balaban J connectivity index is 2.42. The van der Waals surface area contributed by atoms with Crippen LogP contribution in [-0.4, -0.2) is 63.1 Å². The molecule has 0 aromatic heterocycles. The van der Waals surface area contributed by atoms with E-state index >= 15 is 0 Å². The highest BCUT2D eigenvalue weighted by Gasteiger charge is 2.28. The van der Waals surface area contributed by atoms with Gasteiger partial charge in [0, 0.05) is 40.1 Å². The molecule has 9 nitrogen and oxygen atoms in total. The molecule has 1 aliphatic rings. The van der Waals surface area contributed by atoms with Crippen molar-refractivity contribution in [2.75, 3.05) is 17.7 Å². The zero-order valence-electron chi connectivity index (χ0n) is 14.3. The highest BCUT2D eigenvalue weighted by molar-refractivity contribution is 9.09. The van der Waals surface area contributed by atoms with Crippen molar-refractivity contribution in [3.63, 3.8) is 0 Å². The number of phenolic OH excluding ortho intramolecular Hbond substituents is 2. The number of cyclic esters (lactones) is 1. The van der Waals surface area contributed by atoms with Crippen LogP contribution in [0.4, 0.5) is 4.79 Å². The normalized spacial score (nSPS) is 21.1. The molecule has 148 valence electrons. The molecule has 2 atom stereocenters. The van der Waals surface area contributed by atoms with Gasteiger partial charge in [-0.25, -0.2) is 9.59 Å². The van der Waals surface area contributed by atoms with Crippen molar-refractivity contribution >= 4 is 45.7 Å². The van der Waals surface area contributed by atoms with Crippen molar-refractivity contribution in [2.45, 2.75) is 24.8 Å². The summed E-state index contributed by atoms with van der Waals surface area (Å²) in [6.45, 7) is 0.973. The minimum absolute atomic E-state index is 0.00505. The van der Waals surface area contributed by atoms with E-state index in [0.29, 0.717) is 16.6 Å². The summed E-state index contributed by atoms with van der Waals surface area (Å²) < 4.78 is 5.12. The molecule has 11 heteroatoms. The van der Waals surface area contributed by atoms with Crippen LogP contribution < -0.4 is 10.6 Å². The number of fused-ring (bicyclic) bond motifs is 1. The second-order valence-electron chi connectivity index (χ2n) is 5.87. The summed E-state index contributed by atoms with van der Waals surface area (Å²) in [5.74, 6) is -1.28. The lowest BCUT2D eigenvalue weighted by Crippen LogP contribution is -2.52. The van der Waals surface area contributed by atoms with Crippen LogP contribution in [0.1, 0.15) is 21.5 Å². The SMILES string of the molecule is Cc1c(O)cc(O)c2c1C(=O)OC[C@H](NC(=O)O)C(=O)N[C@@H](CBr)CSC2. The van der Waals surface area contributed by atoms with E-state index in [4.69, 9.17) is 9.84 Å². The average molecular weight is 463 g/mol. The van der Waals surface area contributed by atoms with Crippen molar-refractivity contribution in [3.05, 3.63) is 22.8 Å². The summed E-state index contributed by atoms with van der Waals surface area (Å²) in [5, 5.41) is 34.1. The molecule has 0 spiro atoms. The number of hydrogen-bond donors (Lipinski definition) is 5. The summed E-state index contributed by atoms with van der Waals surface area (Å²) in [6.07, 6.45) is -1.44. The number of nitrogens with one attached hydrogen (secondary N) is 2. The predicted octanol–water partition coefficient (Wildman–Crippen LogP) is 1.33. The molecule has 0 saturated carbocycles. The number of aromatic hydroxyl groups is 2. The standard InChI is InChI=1S/C16H19BrN2O7S/c1-7-11(20)2-12(21)9-6-27-5-8(3-17)18-14(22)10(19-16(24)25)4-26-15(23)13(7)9/h2,8,10,19-21H,3-6H2,1H3,(H,18,22)(H,24,25)/t8-,10-/m0/s1. The number of rotatable bonds is 2. The largest absolute Gasteiger partial charge is 0.508 e. The molecule has 27 heavy (non-hydrogen) atoms. The van der Waals surface area contributed by atoms with Gasteiger partial charge in [0.25, 0.3) is 0 Å². The number of halogens is 1. The molecule has 1 aliphatic heterocycles. The monoisotopic (exact) mass is 462 g/mol. The zero-order chi connectivity index (χ0) is 20.1. The molecular formula is C16H19BrN2O7S. The summed E-state index contributed by atoms with van der Waals surface area (Å²) in [7, 11) is 0. The second-order valence-corrected chi connectivity index (χ2v) is 7.55. The lowest BCUT2D eigenvalue weighted by atomic mass is 10.0. The van der Waals surface area contributed by atoms with E-state index in [-0.39, 0.29) is 34.4 Å². The number of ether oxygens (including phenoxy) is 1. The van der Waals surface area contributed by atoms with Crippen molar-refractivity contribution < 1.29 is 34.4 Å². The third kappa shape index (κ3) is 5.19. The van der Waals surface area contributed by atoms with Gasteiger partial charge in [-0.2, -0.15) is 11.8 Å². The van der Waals surface area contributed by atoms with Gasteiger partial charge in [-0.15, -0.1) is 0 Å². The first kappa shape index (κ1) is 21.2. The molecule has 2 rings (SSSR count). The molecule has 0 fully saturated rings. The van der Waals surface area contributed by atoms with Crippen LogP contribution in [0.25, 0.3) is 0 Å². The Labute approximate surface area is 167 Å². The van der Waals surface area contributed by atoms with Crippen LogP contribution in [0.15, 0.2) is 6.07 Å². The van der Waals surface area contributed by atoms with Crippen molar-refractivity contribution in [1.29, 1.82) is 0 Å². The van der Waals surface area contributed by atoms with Gasteiger partial charge in [-0.1, -0.05) is 15.9 Å². The molecule has 1 heterocycles. The minimum Gasteiger partial charge on any atom is -0.508 e. The fourth-order valence-corrected chi connectivity index (χ4v) is 4.32. The van der Waals surface area contributed by atoms with Crippen LogP contribution >= 0.6 is 27.7 Å². The van der Waals surface area contributed by atoms with E-state index < -0.39 is 30.6 Å². The predicted molar refractivity (Wildman–Crippen MR) is 102 cm³/mol. The van der Waals surface area contributed by atoms with Crippen LogP contribution in [0.3, 0.4) is 0 Å². The number of alkyl halides is 1. The van der Waals surface area contributed by atoms with Gasteiger partial charge in [0.15, 0.2) is 0 Å². The zero-order valence-corrected chi connectivity index (χ0v) is 16.7. The third-order valence-electron chi connectivity index (χ3n) is 3.94. The Kier molecular flexibility index (Phi) is 7.19. The molecule has 1 aromatic rings. The highest BCUT2D eigenvalue weighted by atomic mass is 79.9. The first-order valence-corrected chi connectivity index (χ1v) is 10.2. The maximum atomic E-state index is 12.5. The van der Waals surface area contributed by atoms with E-state index in [0.717, 1.165) is 6.07 Å². The first-order chi connectivity index (χ1) is 12.7. The molecule has 0 unspecified atom stereocenters. The second kappa shape index (κ2) is 9.18. The third-order valence-corrected chi connectivity index (χ3v) is 5.85. The highest BCUT2D eigenvalue weighted by Crippen LogP contribution is 2.35. The summed E-state index contributed by atoms with van der Waals surface area (Å²) in [6, 6.07) is -0.446. The number of thioether (sulfide) groups is 1. The quantitative estimate of drug-likeness (QED) is 0.326. The average Bonchev–Trinajstić information content (AvgIpc) is 2.60. The number of benzene rings is 1. The van der Waals surface area contributed by atoms with Gasteiger partial charge in [-0.05, 0) is 6.92 Å². The van der Waals surface area contributed by atoms with Crippen LogP contribution in [0.5, 0.6) is 11.5 Å². The van der Waals surface area contributed by atoms with Gasteiger partial charge >= 0.3 is 12.1 Å². The number of carbonyl (C=O) groups is 3. The van der Waals surface area contributed by atoms with E-state index in [9.17, 15) is 24.6 Å². The number of carbonyl (C=O) groups excluding carboxylic acids is 2. The van der Waals surface area contributed by atoms with E-state index in [1.165, 1.54) is 18.7 Å². The molecule has 0 aliphatic carbocycles. The number of hydrogen-bond acceptors (Lipinski definition) is 7. The van der Waals surface area contributed by atoms with Crippen molar-refractivity contribution in [3.8, 4) is 11.5 Å². The summed E-state index contributed by atoms with van der Waals surface area (Å²) >= 11 is 4.65. The van der Waals surface area contributed by atoms with Crippen LogP contribution in [-0.2, 0) is 15.3 Å². The smallest absolute Gasteiger partial charge is 0.405 e. The topological polar surface area (TPSA) is 145 Å². The summed E-state index contributed by atoms with van der Waals surface area (Å²) in [5.41, 5.74) is 0.545. The van der Waals surface area contributed by atoms with Gasteiger partial charge in [0.1, 0.15) is 24.1 Å². The van der Waals surface area contributed by atoms with E-state index in [1.807, 2.05) is 5.32 Å². The number of carboxylic acid groups (broad SMARTS) is 1. The van der Waals surface area contributed by atoms with Gasteiger partial charge in [0.2, 0.25) is 5.91 Å². The van der Waals surface area contributed by atoms with Crippen molar-refractivity contribution in [1.82, 2.24) is 10.6 Å². The maximum Gasteiger partial charge on any atom is 0.405 e. The van der Waals surface area contributed by atoms with E-state index in [1.54, 1.807) is 0 Å². The molecule has 0 saturated heterocycles. The molecule has 1 aromatic carbocycles. The Bertz CT molecular complexity index is 759. The fraction of sp³-hybridized carbons (Fsp3) is 0.438. The van der Waals surface area contributed by atoms with Gasteiger partial charge in [0.05, 0.1) is 5.56 Å². The number of esters is 1. The Morgan fingerprint density at radius 2 is 2.11 bits per heavy atom. The van der Waals surface area contributed by atoms with Crippen molar-refractivity contribution in [2.24, 2.45) is 0 Å². The lowest BCUT2D eigenvalue weighted by Gasteiger charge is -2.23. The number of phenols is 2. The molecule has 2 amide bonds. The Hall–Kier alpha value is -2.14. The van der Waals surface area contributed by atoms with Crippen LogP contribution in [0.2, 0.25) is 0 Å². The first-order valence-electron chi connectivity index (χ1n) is 7.89. The van der Waals surface area contributed by atoms with E-state index in [2.05, 4.69) is 21.2 Å². The molecule has 5 N–H and O–H groups in total. The lowest BCUT2D eigenvalue weighted by molar-refractivity contribution is -0.124. The molecular weight excluding hydrogens is 444 g/mol. The maximum absolute atomic E-state index is 12.5. The van der Waals surface area contributed by atoms with Crippen LogP contribution in [0, 0.1) is 6.92 Å². The van der Waals surface area contributed by atoms with Gasteiger partial charge in [-0.3, -0.25) is 4.79 Å². The minimum atomic E-state index is -1.44.